The van der Waals surface area contributed by atoms with Crippen molar-refractivity contribution in [2.75, 3.05) is 45.3 Å². The summed E-state index contributed by atoms with van der Waals surface area (Å²) < 4.78 is 0. The lowest BCUT2D eigenvalue weighted by atomic mass is 10.2. The van der Waals surface area contributed by atoms with Crippen molar-refractivity contribution in [1.29, 1.82) is 5.26 Å². The molecule has 0 aliphatic carbocycles. The van der Waals surface area contributed by atoms with Crippen LogP contribution in [0.2, 0.25) is 0 Å². The number of thiophene rings is 1. The Morgan fingerprint density at radius 2 is 2.33 bits per heavy atom. The molecule has 3 N–H and O–H groups in total. The number of nitrogen functional groups attached to an aromatic ring is 1. The van der Waals surface area contributed by atoms with Crippen LogP contribution in [0, 0.1) is 11.3 Å². The molecule has 1 aliphatic heterocycles. The van der Waals surface area contributed by atoms with Gasteiger partial charge in [0.05, 0.1) is 5.69 Å². The maximum Gasteiger partial charge on any atom is 0.265 e. The van der Waals surface area contributed by atoms with Gasteiger partial charge in [0.1, 0.15) is 21.5 Å². The molecule has 21 heavy (non-hydrogen) atoms. The maximum atomic E-state index is 12.1. The van der Waals surface area contributed by atoms with Crippen LogP contribution in [-0.4, -0.2) is 56.0 Å². The van der Waals surface area contributed by atoms with Crippen molar-refractivity contribution in [3.05, 3.63) is 10.4 Å². The van der Waals surface area contributed by atoms with E-state index in [1.165, 1.54) is 22.7 Å². The molecular weight excluding hydrogens is 286 g/mol. The fourth-order valence-electron chi connectivity index (χ4n) is 2.49. The molecule has 0 radical (unpaired) electrons. The number of likely N-dealkylation sites (N-methyl/N-ethyl adjacent to an activating group) is 1. The summed E-state index contributed by atoms with van der Waals surface area (Å²) in [6.45, 7) is 1.87. The monoisotopic (exact) mass is 307 g/mol. The second-order valence-electron chi connectivity index (χ2n) is 5.52. The van der Waals surface area contributed by atoms with Crippen molar-refractivity contribution in [1.82, 2.24) is 9.80 Å². The van der Waals surface area contributed by atoms with Crippen LogP contribution in [-0.2, 0) is 0 Å². The third-order valence-electron chi connectivity index (χ3n) is 3.83. The van der Waals surface area contributed by atoms with Crippen molar-refractivity contribution in [3.8, 4) is 6.07 Å². The van der Waals surface area contributed by atoms with Crippen LogP contribution < -0.4 is 11.1 Å². The minimum atomic E-state index is -0.167. The number of nitrogens with zero attached hydrogens (tertiary/aromatic N) is 3. The number of carbonyl (C=O) groups excluding carboxylic acids is 1. The van der Waals surface area contributed by atoms with E-state index in [0.717, 1.165) is 19.5 Å². The van der Waals surface area contributed by atoms with Gasteiger partial charge in [-0.2, -0.15) is 5.26 Å². The Kier molecular flexibility index (Phi) is 4.70. The molecule has 0 saturated carbocycles. The third-order valence-corrected chi connectivity index (χ3v) is 4.98. The summed E-state index contributed by atoms with van der Waals surface area (Å²) in [5.41, 5.74) is 6.62. The molecule has 2 rings (SSSR count). The van der Waals surface area contributed by atoms with Crippen molar-refractivity contribution < 1.29 is 4.79 Å². The maximum absolute atomic E-state index is 12.1. The number of nitrogens with two attached hydrogens (primary N) is 1. The highest BCUT2D eigenvalue weighted by molar-refractivity contribution is 7.18. The SMILES string of the molecule is CN(C)C(=O)c1sc(NCC2CCCN2C)c(C#N)c1N. The van der Waals surface area contributed by atoms with Crippen molar-refractivity contribution in [3.63, 3.8) is 0 Å². The molecule has 0 spiro atoms. The highest BCUT2D eigenvalue weighted by Gasteiger charge is 2.24. The number of likely N-dealkylation sites (tertiary alicyclic amines) is 1. The zero-order valence-electron chi connectivity index (χ0n) is 12.6. The lowest BCUT2D eigenvalue weighted by molar-refractivity contribution is 0.0833. The van der Waals surface area contributed by atoms with E-state index in [-0.39, 0.29) is 11.6 Å². The zero-order chi connectivity index (χ0) is 15.6. The Morgan fingerprint density at radius 3 is 2.86 bits per heavy atom. The summed E-state index contributed by atoms with van der Waals surface area (Å²) >= 11 is 1.26. The van der Waals surface area contributed by atoms with E-state index in [2.05, 4.69) is 23.3 Å². The van der Waals surface area contributed by atoms with Crippen molar-refractivity contribution >= 4 is 27.9 Å². The second-order valence-corrected chi connectivity index (χ2v) is 6.54. The average molecular weight is 307 g/mol. The lowest BCUT2D eigenvalue weighted by Crippen LogP contribution is -2.31. The molecule has 1 atom stereocenters. The van der Waals surface area contributed by atoms with E-state index in [1.807, 2.05) is 0 Å². The Labute approximate surface area is 129 Å². The fourth-order valence-corrected chi connectivity index (χ4v) is 3.59. The van der Waals surface area contributed by atoms with Gasteiger partial charge in [0.15, 0.2) is 0 Å². The number of nitrogens with one attached hydrogen (secondary N) is 1. The van der Waals surface area contributed by atoms with E-state index in [9.17, 15) is 10.1 Å². The highest BCUT2D eigenvalue weighted by atomic mass is 32.1. The first kappa shape index (κ1) is 15.6. The van der Waals surface area contributed by atoms with Crippen LogP contribution in [0.3, 0.4) is 0 Å². The Morgan fingerprint density at radius 1 is 1.62 bits per heavy atom. The molecule has 1 unspecified atom stereocenters. The number of hydrogen-bond donors (Lipinski definition) is 2. The smallest absolute Gasteiger partial charge is 0.265 e. The number of hydrogen-bond acceptors (Lipinski definition) is 6. The molecule has 1 aliphatic rings. The minimum Gasteiger partial charge on any atom is -0.396 e. The number of amides is 1. The van der Waals surface area contributed by atoms with Gasteiger partial charge in [-0.15, -0.1) is 11.3 Å². The van der Waals surface area contributed by atoms with E-state index >= 15 is 0 Å². The number of anilines is 2. The predicted octanol–water partition coefficient (Wildman–Crippen LogP) is 1.41. The molecular formula is C14H21N5OS. The van der Waals surface area contributed by atoms with Gasteiger partial charge in [-0.25, -0.2) is 0 Å². The summed E-state index contributed by atoms with van der Waals surface area (Å²) in [7, 11) is 5.45. The quantitative estimate of drug-likeness (QED) is 0.878. The van der Waals surface area contributed by atoms with Gasteiger partial charge in [-0.3, -0.25) is 4.79 Å². The molecule has 7 heteroatoms. The van der Waals surface area contributed by atoms with Gasteiger partial charge in [-0.1, -0.05) is 0 Å². The first-order valence-corrected chi connectivity index (χ1v) is 7.75. The van der Waals surface area contributed by atoms with E-state index < -0.39 is 0 Å². The van der Waals surface area contributed by atoms with Gasteiger partial charge in [0, 0.05) is 26.7 Å². The van der Waals surface area contributed by atoms with Gasteiger partial charge in [0.2, 0.25) is 0 Å². The van der Waals surface area contributed by atoms with Crippen LogP contribution in [0.15, 0.2) is 0 Å². The number of carbonyl (C=O) groups is 1. The fraction of sp³-hybridized carbons (Fsp3) is 0.571. The summed E-state index contributed by atoms with van der Waals surface area (Å²) in [5, 5.41) is 13.3. The van der Waals surface area contributed by atoms with Gasteiger partial charge in [0.25, 0.3) is 5.91 Å². The minimum absolute atomic E-state index is 0.167. The third kappa shape index (κ3) is 3.12. The van der Waals surface area contributed by atoms with E-state index in [1.54, 1.807) is 14.1 Å². The number of rotatable bonds is 4. The summed E-state index contributed by atoms with van der Waals surface area (Å²) in [5.74, 6) is -0.167. The second kappa shape index (κ2) is 6.33. The first-order chi connectivity index (χ1) is 9.95. The molecule has 114 valence electrons. The zero-order valence-corrected chi connectivity index (χ0v) is 13.5. The van der Waals surface area contributed by atoms with Gasteiger partial charge in [-0.05, 0) is 26.4 Å². The Balaban J connectivity index is 2.17. The van der Waals surface area contributed by atoms with Gasteiger partial charge >= 0.3 is 0 Å². The largest absolute Gasteiger partial charge is 0.396 e. The molecule has 1 amide bonds. The Hall–Kier alpha value is -1.78. The molecule has 1 aromatic heterocycles. The van der Waals surface area contributed by atoms with Crippen LogP contribution >= 0.6 is 11.3 Å². The molecule has 1 aromatic rings. The molecule has 1 fully saturated rings. The molecule has 2 heterocycles. The summed E-state index contributed by atoms with van der Waals surface area (Å²) in [6, 6.07) is 2.57. The van der Waals surface area contributed by atoms with E-state index in [4.69, 9.17) is 5.73 Å². The van der Waals surface area contributed by atoms with Crippen LogP contribution in [0.4, 0.5) is 10.7 Å². The molecule has 6 nitrogen and oxygen atoms in total. The predicted molar refractivity (Wildman–Crippen MR) is 85.6 cm³/mol. The number of nitriles is 1. The normalized spacial score (nSPS) is 18.5. The van der Waals surface area contributed by atoms with Gasteiger partial charge < -0.3 is 20.9 Å². The van der Waals surface area contributed by atoms with Crippen LogP contribution in [0.25, 0.3) is 0 Å². The standard InChI is InChI=1S/C14H21N5OS/c1-18(2)14(20)12-11(16)10(7-15)13(21-12)17-8-9-5-4-6-19(9)3/h9,17H,4-6,8,16H2,1-3H3. The van der Waals surface area contributed by atoms with Crippen LogP contribution in [0.1, 0.15) is 28.1 Å². The highest BCUT2D eigenvalue weighted by Crippen LogP contribution is 2.36. The topological polar surface area (TPSA) is 85.4 Å². The van der Waals surface area contributed by atoms with Crippen molar-refractivity contribution in [2.45, 2.75) is 18.9 Å². The van der Waals surface area contributed by atoms with Crippen LogP contribution in [0.5, 0.6) is 0 Å². The molecule has 0 bridgehead atoms. The molecule has 0 aromatic carbocycles. The first-order valence-electron chi connectivity index (χ1n) is 6.93. The average Bonchev–Trinajstić information content (AvgIpc) is 2.99. The van der Waals surface area contributed by atoms with E-state index in [0.29, 0.717) is 21.5 Å². The molecule has 1 saturated heterocycles. The lowest BCUT2D eigenvalue weighted by Gasteiger charge is -2.19. The Bertz CT molecular complexity index is 575. The summed E-state index contributed by atoms with van der Waals surface area (Å²) in [6.07, 6.45) is 2.35. The summed E-state index contributed by atoms with van der Waals surface area (Å²) in [4.78, 5) is 16.3. The van der Waals surface area contributed by atoms with Crippen molar-refractivity contribution in [2.24, 2.45) is 0 Å².